The highest BCUT2D eigenvalue weighted by Crippen LogP contribution is 2.37. The number of benzene rings is 1. The van der Waals surface area contributed by atoms with Crippen molar-refractivity contribution in [3.05, 3.63) is 75.7 Å². The third-order valence-corrected chi connectivity index (χ3v) is 5.97. The Bertz CT molecular complexity index is 1150. The van der Waals surface area contributed by atoms with E-state index in [0.717, 1.165) is 23.5 Å². The Morgan fingerprint density at radius 3 is 2.63 bits per heavy atom. The summed E-state index contributed by atoms with van der Waals surface area (Å²) in [5.74, 6) is -2.03. The number of amides is 1. The topological polar surface area (TPSA) is 119 Å². The molecule has 4 rings (SSSR count). The predicted octanol–water partition coefficient (Wildman–Crippen LogP) is 2.92. The van der Waals surface area contributed by atoms with Crippen LogP contribution in [0.15, 0.2) is 42.7 Å². The number of anilines is 1. The van der Waals surface area contributed by atoms with Crippen LogP contribution in [0.5, 0.6) is 0 Å². The quantitative estimate of drug-likeness (QED) is 0.652. The number of hydrogen-bond acceptors (Lipinski definition) is 7. The third kappa shape index (κ3) is 3.91. The van der Waals surface area contributed by atoms with Crippen LogP contribution >= 0.6 is 11.3 Å². The van der Waals surface area contributed by atoms with Gasteiger partial charge in [-0.2, -0.15) is 5.26 Å². The molecule has 2 N–H and O–H groups in total. The normalized spacial score (nSPS) is 13.3. The Balaban J connectivity index is 1.56. The van der Waals surface area contributed by atoms with E-state index in [1.807, 2.05) is 18.2 Å². The number of carboxylic acids is 1. The maximum atomic E-state index is 12.6. The molecule has 30 heavy (non-hydrogen) atoms. The van der Waals surface area contributed by atoms with E-state index in [4.69, 9.17) is 0 Å². The lowest BCUT2D eigenvalue weighted by molar-refractivity contribution is 0.0685. The van der Waals surface area contributed by atoms with Gasteiger partial charge in [0.05, 0.1) is 5.56 Å². The van der Waals surface area contributed by atoms with Crippen molar-refractivity contribution in [2.24, 2.45) is 0 Å². The molecule has 1 aliphatic rings. The average molecular weight is 419 g/mol. The van der Waals surface area contributed by atoms with Crippen molar-refractivity contribution in [3.63, 3.8) is 0 Å². The van der Waals surface area contributed by atoms with Crippen LogP contribution in [0.25, 0.3) is 0 Å². The van der Waals surface area contributed by atoms with E-state index in [2.05, 4.69) is 38.4 Å². The van der Waals surface area contributed by atoms with E-state index in [9.17, 15) is 20.0 Å². The molecule has 0 saturated carbocycles. The summed E-state index contributed by atoms with van der Waals surface area (Å²) in [6.45, 7) is 2.31. The molecule has 0 atom stereocenters. The number of nitrogens with zero attached hydrogens (tertiary/aromatic N) is 4. The van der Waals surface area contributed by atoms with Crippen molar-refractivity contribution in [1.82, 2.24) is 14.9 Å². The molecule has 1 aromatic carbocycles. The summed E-state index contributed by atoms with van der Waals surface area (Å²) in [5, 5.41) is 22.0. The van der Waals surface area contributed by atoms with Crippen LogP contribution < -0.4 is 5.32 Å². The number of aromatic nitrogens is 2. The van der Waals surface area contributed by atoms with Crippen LogP contribution in [0.4, 0.5) is 5.00 Å². The minimum Gasteiger partial charge on any atom is -0.476 e. The first-order valence-electron chi connectivity index (χ1n) is 9.23. The lowest BCUT2D eigenvalue weighted by Gasteiger charge is -2.26. The second-order valence-corrected chi connectivity index (χ2v) is 7.88. The predicted molar refractivity (Wildman–Crippen MR) is 110 cm³/mol. The first-order valence-corrected chi connectivity index (χ1v) is 10.0. The number of carboxylic acid groups (broad SMARTS) is 1. The van der Waals surface area contributed by atoms with E-state index >= 15 is 0 Å². The number of aromatic carboxylic acids is 1. The molecule has 1 amide bonds. The maximum Gasteiger partial charge on any atom is 0.356 e. The number of fused-ring (bicyclic) bond motifs is 1. The molecule has 0 aliphatic carbocycles. The summed E-state index contributed by atoms with van der Waals surface area (Å²) in [7, 11) is 0. The summed E-state index contributed by atoms with van der Waals surface area (Å²) < 4.78 is 0. The first kappa shape index (κ1) is 19.7. The molecule has 0 fully saturated rings. The van der Waals surface area contributed by atoms with Gasteiger partial charge in [0.2, 0.25) is 0 Å². The number of carbonyl (C=O) groups is 2. The van der Waals surface area contributed by atoms with E-state index < -0.39 is 17.6 Å². The molecule has 0 saturated heterocycles. The fourth-order valence-corrected chi connectivity index (χ4v) is 4.70. The number of rotatable bonds is 5. The fraction of sp³-hybridized carbons (Fsp3) is 0.190. The molecule has 1 aliphatic heterocycles. The third-order valence-electron chi connectivity index (χ3n) is 4.84. The zero-order valence-corrected chi connectivity index (χ0v) is 16.6. The van der Waals surface area contributed by atoms with Crippen molar-refractivity contribution in [2.75, 3.05) is 11.9 Å². The van der Waals surface area contributed by atoms with E-state index in [0.29, 0.717) is 23.5 Å². The molecule has 0 bridgehead atoms. The molecule has 3 heterocycles. The molecule has 8 nitrogen and oxygen atoms in total. The highest BCUT2D eigenvalue weighted by Gasteiger charge is 2.27. The highest BCUT2D eigenvalue weighted by atomic mass is 32.1. The Hall–Kier alpha value is -3.61. The zero-order chi connectivity index (χ0) is 21.1. The van der Waals surface area contributed by atoms with Gasteiger partial charge in [-0.05, 0) is 17.5 Å². The van der Waals surface area contributed by atoms with E-state index in [-0.39, 0.29) is 5.69 Å². The Labute approximate surface area is 176 Å². The van der Waals surface area contributed by atoms with Crippen LogP contribution in [0.3, 0.4) is 0 Å². The molecular formula is C21H17N5O3S. The van der Waals surface area contributed by atoms with Crippen LogP contribution in [0.1, 0.15) is 42.5 Å². The average Bonchev–Trinajstić information content (AvgIpc) is 3.10. The molecule has 0 spiro atoms. The minimum absolute atomic E-state index is 0.286. The number of nitriles is 1. The van der Waals surface area contributed by atoms with Gasteiger partial charge in [0.1, 0.15) is 11.1 Å². The van der Waals surface area contributed by atoms with Crippen molar-refractivity contribution in [3.8, 4) is 6.07 Å². The van der Waals surface area contributed by atoms with Gasteiger partial charge < -0.3 is 10.4 Å². The van der Waals surface area contributed by atoms with Gasteiger partial charge >= 0.3 is 5.97 Å². The molecule has 2 aromatic heterocycles. The second kappa shape index (κ2) is 8.41. The van der Waals surface area contributed by atoms with E-state index in [1.54, 1.807) is 0 Å². The van der Waals surface area contributed by atoms with Gasteiger partial charge in [0.25, 0.3) is 5.91 Å². The maximum absolute atomic E-state index is 12.6. The Morgan fingerprint density at radius 2 is 1.93 bits per heavy atom. The highest BCUT2D eigenvalue weighted by molar-refractivity contribution is 7.16. The SMILES string of the molecule is N#Cc1c(NC(=O)c2nccnc2C(=O)O)sc2c1CCN(Cc1ccccc1)C2. The van der Waals surface area contributed by atoms with Gasteiger partial charge in [0, 0.05) is 36.9 Å². The second-order valence-electron chi connectivity index (χ2n) is 6.78. The fourth-order valence-electron chi connectivity index (χ4n) is 3.46. The van der Waals surface area contributed by atoms with Crippen LogP contribution in [0, 0.1) is 11.3 Å². The number of hydrogen-bond donors (Lipinski definition) is 2. The lowest BCUT2D eigenvalue weighted by atomic mass is 10.0. The zero-order valence-electron chi connectivity index (χ0n) is 15.8. The largest absolute Gasteiger partial charge is 0.476 e. The van der Waals surface area contributed by atoms with Crippen molar-refractivity contribution < 1.29 is 14.7 Å². The molecule has 3 aromatic rings. The smallest absolute Gasteiger partial charge is 0.356 e. The molecule has 9 heteroatoms. The number of thiophene rings is 1. The van der Waals surface area contributed by atoms with Gasteiger partial charge in [-0.1, -0.05) is 30.3 Å². The Morgan fingerprint density at radius 1 is 1.20 bits per heavy atom. The van der Waals surface area contributed by atoms with Crippen LogP contribution in [-0.4, -0.2) is 38.4 Å². The summed E-state index contributed by atoms with van der Waals surface area (Å²) >= 11 is 1.35. The lowest BCUT2D eigenvalue weighted by Crippen LogP contribution is -2.29. The van der Waals surface area contributed by atoms with Crippen molar-refractivity contribution in [2.45, 2.75) is 19.5 Å². The van der Waals surface area contributed by atoms with Crippen LogP contribution in [-0.2, 0) is 19.5 Å². The summed E-state index contributed by atoms with van der Waals surface area (Å²) in [4.78, 5) is 34.8. The standard InChI is InChI=1S/C21H17N5O3S/c22-10-15-14-6-9-26(11-13-4-2-1-3-5-13)12-16(14)30-20(15)25-19(27)17-18(21(28)29)24-8-7-23-17/h1-5,7-8H,6,9,11-12H2,(H,25,27)(H,28,29). The summed E-state index contributed by atoms with van der Waals surface area (Å²) in [6.07, 6.45) is 3.18. The molecule has 150 valence electrons. The summed E-state index contributed by atoms with van der Waals surface area (Å²) in [6, 6.07) is 12.4. The van der Waals surface area contributed by atoms with Gasteiger partial charge in [0.15, 0.2) is 11.4 Å². The molecule has 0 unspecified atom stereocenters. The summed E-state index contributed by atoms with van der Waals surface area (Å²) in [5.41, 5.74) is 1.88. The van der Waals surface area contributed by atoms with Crippen molar-refractivity contribution in [1.29, 1.82) is 5.26 Å². The number of nitrogens with one attached hydrogen (secondary N) is 1. The molecular weight excluding hydrogens is 402 g/mol. The minimum atomic E-state index is -1.34. The van der Waals surface area contributed by atoms with Crippen molar-refractivity contribution >= 4 is 28.2 Å². The monoisotopic (exact) mass is 419 g/mol. The Kier molecular flexibility index (Phi) is 5.52. The molecule has 0 radical (unpaired) electrons. The first-order chi connectivity index (χ1) is 14.6. The van der Waals surface area contributed by atoms with E-state index in [1.165, 1.54) is 29.3 Å². The van der Waals surface area contributed by atoms with Gasteiger partial charge in [-0.15, -0.1) is 11.3 Å². The number of carbonyl (C=O) groups excluding carboxylic acids is 1. The van der Waals surface area contributed by atoms with Crippen LogP contribution in [0.2, 0.25) is 0 Å². The van der Waals surface area contributed by atoms with Gasteiger partial charge in [-0.25, -0.2) is 14.8 Å². The van der Waals surface area contributed by atoms with Gasteiger partial charge in [-0.3, -0.25) is 9.69 Å².